The topological polar surface area (TPSA) is 101 Å². The molecule has 2 heterocycles. The molecule has 1 aromatic heterocycles. The molecular weight excluding hydrogens is 452 g/mol. The summed E-state index contributed by atoms with van der Waals surface area (Å²) in [5.41, 5.74) is 2.25. The molecule has 0 aliphatic carbocycles. The smallest absolute Gasteiger partial charge is 0.321 e. The average Bonchev–Trinajstić information content (AvgIpc) is 3.16. The van der Waals surface area contributed by atoms with Crippen molar-refractivity contribution in [3.05, 3.63) is 54.9 Å². The monoisotopic (exact) mass is 480 g/mol. The van der Waals surface area contributed by atoms with E-state index < -0.39 is 0 Å². The fraction of sp³-hybridized carbons (Fsp3) is 0.333. The third kappa shape index (κ3) is 6.28. The van der Waals surface area contributed by atoms with Crippen LogP contribution in [0, 0.1) is 0 Å². The summed E-state index contributed by atoms with van der Waals surface area (Å²) in [4.78, 5) is 26.8. The number of carbonyl (C=O) groups is 2. The van der Waals surface area contributed by atoms with Gasteiger partial charge >= 0.3 is 6.03 Å². The molecule has 1 saturated heterocycles. The van der Waals surface area contributed by atoms with E-state index in [4.69, 9.17) is 4.74 Å². The van der Waals surface area contributed by atoms with Gasteiger partial charge in [0.1, 0.15) is 12.1 Å². The lowest BCUT2D eigenvalue weighted by Crippen LogP contribution is -2.35. The Bertz CT molecular complexity index is 1090. The molecule has 0 atom stereocenters. The van der Waals surface area contributed by atoms with Crippen LogP contribution in [0.15, 0.2) is 60.0 Å². The van der Waals surface area contributed by atoms with Crippen LogP contribution in [0.4, 0.5) is 16.2 Å². The molecule has 178 valence electrons. The quantitative estimate of drug-likeness (QED) is 0.486. The first-order valence-electron chi connectivity index (χ1n) is 11.3. The Morgan fingerprint density at radius 2 is 1.59 bits per heavy atom. The van der Waals surface area contributed by atoms with Crippen LogP contribution in [0.5, 0.6) is 5.75 Å². The number of amides is 3. The van der Waals surface area contributed by atoms with E-state index in [-0.39, 0.29) is 17.7 Å². The van der Waals surface area contributed by atoms with Gasteiger partial charge in [-0.25, -0.2) is 4.79 Å². The highest BCUT2D eigenvalue weighted by Gasteiger charge is 2.15. The molecule has 2 aromatic carbocycles. The van der Waals surface area contributed by atoms with E-state index in [1.165, 1.54) is 24.6 Å². The summed E-state index contributed by atoms with van der Waals surface area (Å²) in [6, 6.07) is 14.6. The Labute approximate surface area is 202 Å². The number of likely N-dealkylation sites (tertiary alicyclic amines) is 1. The number of nitrogens with zero attached hydrogens (tertiary/aromatic N) is 4. The van der Waals surface area contributed by atoms with Gasteiger partial charge in [-0.1, -0.05) is 24.6 Å². The van der Waals surface area contributed by atoms with Gasteiger partial charge in [0.15, 0.2) is 5.16 Å². The Morgan fingerprint density at radius 3 is 2.24 bits per heavy atom. The van der Waals surface area contributed by atoms with E-state index in [1.807, 2.05) is 33.7 Å². The number of nitrogens with one attached hydrogen (secondary N) is 2. The number of aromatic nitrogens is 3. The number of urea groups is 1. The molecule has 0 radical (unpaired) electrons. The maximum atomic E-state index is 12.5. The van der Waals surface area contributed by atoms with Gasteiger partial charge in [0, 0.05) is 30.2 Å². The van der Waals surface area contributed by atoms with Gasteiger partial charge in [-0.2, -0.15) is 0 Å². The molecule has 9 nitrogen and oxygen atoms in total. The number of hydrogen-bond donors (Lipinski definition) is 2. The molecule has 0 unspecified atom stereocenters. The molecule has 1 aliphatic heterocycles. The highest BCUT2D eigenvalue weighted by Crippen LogP contribution is 2.22. The van der Waals surface area contributed by atoms with Crippen LogP contribution in [0.1, 0.15) is 25.7 Å². The second-order valence-electron chi connectivity index (χ2n) is 7.93. The van der Waals surface area contributed by atoms with Gasteiger partial charge in [0.05, 0.1) is 12.9 Å². The van der Waals surface area contributed by atoms with E-state index in [2.05, 4.69) is 20.8 Å². The molecule has 10 heteroatoms. The first-order valence-corrected chi connectivity index (χ1v) is 12.2. The van der Waals surface area contributed by atoms with E-state index in [0.717, 1.165) is 37.4 Å². The third-order valence-corrected chi connectivity index (χ3v) is 6.46. The maximum Gasteiger partial charge on any atom is 0.321 e. The summed E-state index contributed by atoms with van der Waals surface area (Å²) < 4.78 is 7.01. The summed E-state index contributed by atoms with van der Waals surface area (Å²) in [6.45, 7) is 1.59. The van der Waals surface area contributed by atoms with Crippen molar-refractivity contribution in [1.29, 1.82) is 0 Å². The molecule has 34 heavy (non-hydrogen) atoms. The van der Waals surface area contributed by atoms with Crippen LogP contribution in [0.2, 0.25) is 0 Å². The van der Waals surface area contributed by atoms with Crippen molar-refractivity contribution in [1.82, 2.24) is 19.7 Å². The fourth-order valence-corrected chi connectivity index (χ4v) is 4.41. The summed E-state index contributed by atoms with van der Waals surface area (Å²) in [5.74, 6) is 0.788. The maximum absolute atomic E-state index is 12.5. The standard InChI is InChI=1S/C24H28N6O3S/c1-33-21-12-10-20(11-13-21)30-17-25-28-24(30)34-16-22(31)26-18-6-8-19(9-7-18)27-23(32)29-14-4-2-3-5-15-29/h6-13,17H,2-5,14-16H2,1H3,(H,26,31)(H,27,32). The van der Waals surface area contributed by atoms with Crippen molar-refractivity contribution in [2.75, 3.05) is 36.6 Å². The van der Waals surface area contributed by atoms with Crippen molar-refractivity contribution in [3.63, 3.8) is 0 Å². The number of thioether (sulfide) groups is 1. The molecule has 0 spiro atoms. The lowest BCUT2D eigenvalue weighted by atomic mass is 10.2. The number of carbonyl (C=O) groups excluding carboxylic acids is 2. The van der Waals surface area contributed by atoms with Crippen molar-refractivity contribution in [2.24, 2.45) is 0 Å². The Morgan fingerprint density at radius 1 is 0.941 bits per heavy atom. The number of ether oxygens (including phenoxy) is 1. The molecule has 4 rings (SSSR count). The largest absolute Gasteiger partial charge is 0.497 e. The molecule has 3 aromatic rings. The van der Waals surface area contributed by atoms with Crippen LogP contribution in [0.25, 0.3) is 5.69 Å². The Balaban J connectivity index is 1.27. The highest BCUT2D eigenvalue weighted by molar-refractivity contribution is 7.99. The van der Waals surface area contributed by atoms with Gasteiger partial charge in [-0.15, -0.1) is 10.2 Å². The van der Waals surface area contributed by atoms with E-state index in [1.54, 1.807) is 37.7 Å². The predicted octanol–water partition coefficient (Wildman–Crippen LogP) is 4.41. The number of methoxy groups -OCH3 is 1. The highest BCUT2D eigenvalue weighted by atomic mass is 32.2. The number of hydrogen-bond acceptors (Lipinski definition) is 6. The molecule has 0 saturated carbocycles. The molecule has 1 aliphatic rings. The van der Waals surface area contributed by atoms with E-state index in [0.29, 0.717) is 16.5 Å². The minimum atomic E-state index is -0.157. The average molecular weight is 481 g/mol. The van der Waals surface area contributed by atoms with Crippen molar-refractivity contribution in [3.8, 4) is 11.4 Å². The van der Waals surface area contributed by atoms with Crippen molar-refractivity contribution in [2.45, 2.75) is 30.8 Å². The van der Waals surface area contributed by atoms with Gasteiger partial charge in [-0.3, -0.25) is 9.36 Å². The summed E-state index contributed by atoms with van der Waals surface area (Å²) in [7, 11) is 1.62. The number of rotatable bonds is 7. The van der Waals surface area contributed by atoms with Gasteiger partial charge in [-0.05, 0) is 61.4 Å². The summed E-state index contributed by atoms with van der Waals surface area (Å²) >= 11 is 1.30. The number of anilines is 2. The third-order valence-electron chi connectivity index (χ3n) is 5.51. The molecule has 3 amide bonds. The van der Waals surface area contributed by atoms with Gasteiger partial charge < -0.3 is 20.3 Å². The van der Waals surface area contributed by atoms with Crippen LogP contribution in [-0.4, -0.2) is 57.6 Å². The Hall–Kier alpha value is -3.53. The molecule has 0 bridgehead atoms. The van der Waals surface area contributed by atoms with E-state index >= 15 is 0 Å². The summed E-state index contributed by atoms with van der Waals surface area (Å²) in [5, 5.41) is 14.5. The summed E-state index contributed by atoms with van der Waals surface area (Å²) in [6.07, 6.45) is 6.06. The van der Waals surface area contributed by atoms with Crippen LogP contribution >= 0.6 is 11.8 Å². The van der Waals surface area contributed by atoms with Gasteiger partial charge in [0.25, 0.3) is 0 Å². The lowest BCUT2D eigenvalue weighted by molar-refractivity contribution is -0.113. The normalized spacial score (nSPS) is 13.7. The fourth-order valence-electron chi connectivity index (χ4n) is 3.68. The minimum Gasteiger partial charge on any atom is -0.497 e. The Kier molecular flexibility index (Phi) is 8.03. The van der Waals surface area contributed by atoms with E-state index in [9.17, 15) is 9.59 Å². The zero-order valence-electron chi connectivity index (χ0n) is 19.1. The van der Waals surface area contributed by atoms with Crippen molar-refractivity contribution >= 4 is 35.1 Å². The SMILES string of the molecule is COc1ccc(-n2cnnc2SCC(=O)Nc2ccc(NC(=O)N3CCCCCC3)cc2)cc1. The number of benzene rings is 2. The van der Waals surface area contributed by atoms with Crippen molar-refractivity contribution < 1.29 is 14.3 Å². The molecule has 2 N–H and O–H groups in total. The van der Waals surface area contributed by atoms with Gasteiger partial charge in [0.2, 0.25) is 5.91 Å². The zero-order chi connectivity index (χ0) is 23.8. The zero-order valence-corrected chi connectivity index (χ0v) is 19.9. The minimum absolute atomic E-state index is 0.0731. The second-order valence-corrected chi connectivity index (χ2v) is 8.87. The molecular formula is C24H28N6O3S. The predicted molar refractivity (Wildman–Crippen MR) is 133 cm³/mol. The van der Waals surface area contributed by atoms with Crippen LogP contribution in [0.3, 0.4) is 0 Å². The van der Waals surface area contributed by atoms with Crippen LogP contribution < -0.4 is 15.4 Å². The molecule has 1 fully saturated rings. The first kappa shape index (κ1) is 23.6. The lowest BCUT2D eigenvalue weighted by Gasteiger charge is -2.20. The van der Waals surface area contributed by atoms with Crippen LogP contribution in [-0.2, 0) is 4.79 Å². The second kappa shape index (κ2) is 11.6. The first-order chi connectivity index (χ1) is 16.6.